The van der Waals surface area contributed by atoms with E-state index in [2.05, 4.69) is 20.8 Å². The van der Waals surface area contributed by atoms with Gasteiger partial charge in [-0.15, -0.1) is 6.42 Å². The maximum absolute atomic E-state index is 12.8. The summed E-state index contributed by atoms with van der Waals surface area (Å²) < 4.78 is 53.2. The molecule has 9 heteroatoms. The van der Waals surface area contributed by atoms with Gasteiger partial charge in [0.15, 0.2) is 6.61 Å². The van der Waals surface area contributed by atoms with Gasteiger partial charge in [0.25, 0.3) is 5.90 Å². The summed E-state index contributed by atoms with van der Waals surface area (Å²) in [5, 5.41) is 3.80. The first-order valence-electron chi connectivity index (χ1n) is 9.16. The Hall–Kier alpha value is -3.67. The van der Waals surface area contributed by atoms with E-state index >= 15 is 0 Å². The standard InChI is InChI=1S/C22H21F3N2O4/c1-4-13-31-27-21(28-3)19-8-6-7-17(26-19)14-16-9-11-18(12-10-16)30-15-20(29-5-2)22(23,24)25/h1,6-12,15H,5,13-14H2,2-3H3/b20-15-,27-21-. The Kier molecular flexibility index (Phi) is 8.76. The lowest BCUT2D eigenvalue weighted by Gasteiger charge is -2.12. The predicted octanol–water partition coefficient (Wildman–Crippen LogP) is 4.45. The number of ether oxygens (including phenoxy) is 3. The zero-order valence-corrected chi connectivity index (χ0v) is 17.0. The van der Waals surface area contributed by atoms with E-state index in [0.717, 1.165) is 11.3 Å². The second-order valence-electron chi connectivity index (χ2n) is 5.94. The van der Waals surface area contributed by atoms with Gasteiger partial charge in [0.05, 0.1) is 13.7 Å². The van der Waals surface area contributed by atoms with Crippen molar-refractivity contribution in [2.24, 2.45) is 5.16 Å². The van der Waals surface area contributed by atoms with E-state index in [4.69, 9.17) is 20.7 Å². The largest absolute Gasteiger partial charge is 0.487 e. The van der Waals surface area contributed by atoms with Crippen LogP contribution in [-0.2, 0) is 20.7 Å². The molecule has 0 atom stereocenters. The zero-order valence-electron chi connectivity index (χ0n) is 17.0. The highest BCUT2D eigenvalue weighted by Gasteiger charge is 2.36. The van der Waals surface area contributed by atoms with Crippen molar-refractivity contribution in [2.75, 3.05) is 20.3 Å². The van der Waals surface area contributed by atoms with Crippen LogP contribution in [0.5, 0.6) is 5.75 Å². The number of alkyl halides is 3. The minimum Gasteiger partial charge on any atom is -0.487 e. The fraction of sp³-hybridized carbons (Fsp3) is 0.273. The number of allylic oxidation sites excluding steroid dienone is 1. The molecular weight excluding hydrogens is 413 g/mol. The van der Waals surface area contributed by atoms with Gasteiger partial charge in [-0.3, -0.25) is 0 Å². The third-order valence-electron chi connectivity index (χ3n) is 3.70. The molecule has 0 unspecified atom stereocenters. The molecule has 0 aliphatic heterocycles. The van der Waals surface area contributed by atoms with Crippen LogP contribution in [0.25, 0.3) is 0 Å². The highest BCUT2D eigenvalue weighted by atomic mass is 19.4. The van der Waals surface area contributed by atoms with Gasteiger partial charge in [-0.05, 0) is 41.9 Å². The van der Waals surface area contributed by atoms with E-state index in [1.165, 1.54) is 14.0 Å². The number of benzene rings is 1. The number of hydrogen-bond acceptors (Lipinski definition) is 6. The van der Waals surface area contributed by atoms with Gasteiger partial charge in [0.2, 0.25) is 5.76 Å². The number of terminal acetylenes is 1. The Morgan fingerprint density at radius 1 is 1.19 bits per heavy atom. The van der Waals surface area contributed by atoms with Crippen molar-refractivity contribution in [3.63, 3.8) is 0 Å². The molecule has 1 heterocycles. The third kappa shape index (κ3) is 7.59. The molecule has 2 rings (SSSR count). The number of rotatable bonds is 9. The second kappa shape index (κ2) is 11.5. The van der Waals surface area contributed by atoms with Gasteiger partial charge >= 0.3 is 6.18 Å². The summed E-state index contributed by atoms with van der Waals surface area (Å²) >= 11 is 0. The first kappa shape index (κ1) is 23.6. The number of oxime groups is 1. The summed E-state index contributed by atoms with van der Waals surface area (Å²) in [6.07, 6.45) is 1.51. The number of halogens is 3. The first-order valence-corrected chi connectivity index (χ1v) is 9.16. The van der Waals surface area contributed by atoms with E-state index in [0.29, 0.717) is 18.4 Å². The molecule has 0 spiro atoms. The van der Waals surface area contributed by atoms with Crippen molar-refractivity contribution in [1.82, 2.24) is 4.98 Å². The van der Waals surface area contributed by atoms with Gasteiger partial charge in [-0.2, -0.15) is 13.2 Å². The van der Waals surface area contributed by atoms with Crippen LogP contribution in [0.15, 0.2) is 59.6 Å². The molecule has 1 aromatic carbocycles. The predicted molar refractivity (Wildman–Crippen MR) is 108 cm³/mol. The minimum absolute atomic E-state index is 0.00515. The molecule has 0 amide bonds. The molecule has 0 saturated heterocycles. The van der Waals surface area contributed by atoms with E-state index in [1.54, 1.807) is 36.4 Å². The van der Waals surface area contributed by atoms with Crippen molar-refractivity contribution in [3.8, 4) is 18.1 Å². The fourth-order valence-corrected chi connectivity index (χ4v) is 2.37. The van der Waals surface area contributed by atoms with Crippen LogP contribution in [0, 0.1) is 12.3 Å². The van der Waals surface area contributed by atoms with Gasteiger partial charge in [-0.1, -0.05) is 24.1 Å². The molecule has 0 aliphatic carbocycles. The average molecular weight is 434 g/mol. The summed E-state index contributed by atoms with van der Waals surface area (Å²) in [4.78, 5) is 9.40. The SMILES string of the molecule is C#CCO/N=C(\OC)c1cccc(Cc2ccc(O/C=C(\OCC)C(F)(F)F)cc2)n1. The van der Waals surface area contributed by atoms with Crippen LogP contribution in [0.3, 0.4) is 0 Å². The monoisotopic (exact) mass is 434 g/mol. The normalized spacial score (nSPS) is 12.1. The Morgan fingerprint density at radius 3 is 2.55 bits per heavy atom. The van der Waals surface area contributed by atoms with Crippen molar-refractivity contribution in [3.05, 3.63) is 71.4 Å². The van der Waals surface area contributed by atoms with Crippen LogP contribution in [0.1, 0.15) is 23.9 Å². The number of nitrogens with zero attached hydrogens (tertiary/aromatic N) is 2. The summed E-state index contributed by atoms with van der Waals surface area (Å²) in [5.41, 5.74) is 2.07. The summed E-state index contributed by atoms with van der Waals surface area (Å²) in [6, 6.07) is 11.9. The van der Waals surface area contributed by atoms with Crippen molar-refractivity contribution < 1.29 is 32.2 Å². The lowest BCUT2D eigenvalue weighted by Crippen LogP contribution is -2.15. The molecule has 0 aliphatic rings. The van der Waals surface area contributed by atoms with E-state index in [9.17, 15) is 13.2 Å². The zero-order chi connectivity index (χ0) is 22.7. The molecule has 164 valence electrons. The van der Waals surface area contributed by atoms with Crippen LogP contribution < -0.4 is 4.74 Å². The lowest BCUT2D eigenvalue weighted by molar-refractivity contribution is -0.132. The van der Waals surface area contributed by atoms with Gasteiger partial charge in [0, 0.05) is 12.1 Å². The van der Waals surface area contributed by atoms with Crippen LogP contribution >= 0.6 is 0 Å². The summed E-state index contributed by atoms with van der Waals surface area (Å²) in [6.45, 7) is 1.35. The smallest absolute Gasteiger partial charge is 0.452 e. The van der Waals surface area contributed by atoms with E-state index in [1.807, 2.05) is 6.07 Å². The van der Waals surface area contributed by atoms with E-state index < -0.39 is 11.9 Å². The van der Waals surface area contributed by atoms with Crippen LogP contribution in [-0.4, -0.2) is 37.4 Å². The maximum atomic E-state index is 12.8. The van der Waals surface area contributed by atoms with Gasteiger partial charge in [0.1, 0.15) is 17.7 Å². The number of methoxy groups -OCH3 is 1. The molecule has 0 fully saturated rings. The van der Waals surface area contributed by atoms with E-state index in [-0.39, 0.29) is 24.9 Å². The fourth-order valence-electron chi connectivity index (χ4n) is 2.37. The van der Waals surface area contributed by atoms with Crippen molar-refractivity contribution in [1.29, 1.82) is 0 Å². The van der Waals surface area contributed by atoms with Crippen molar-refractivity contribution >= 4 is 5.90 Å². The number of aromatic nitrogens is 1. The molecule has 2 aromatic rings. The van der Waals surface area contributed by atoms with Crippen molar-refractivity contribution in [2.45, 2.75) is 19.5 Å². The Bertz CT molecular complexity index is 948. The molecule has 6 nitrogen and oxygen atoms in total. The molecule has 0 N–H and O–H groups in total. The highest BCUT2D eigenvalue weighted by molar-refractivity contribution is 5.91. The minimum atomic E-state index is -4.62. The number of pyridine rings is 1. The molecule has 0 saturated carbocycles. The maximum Gasteiger partial charge on any atom is 0.452 e. The van der Waals surface area contributed by atoms with Gasteiger partial charge in [-0.25, -0.2) is 4.98 Å². The topological polar surface area (TPSA) is 62.2 Å². The Balaban J connectivity index is 2.08. The Morgan fingerprint density at radius 2 is 1.94 bits per heavy atom. The molecule has 1 aromatic heterocycles. The molecule has 31 heavy (non-hydrogen) atoms. The van der Waals surface area contributed by atoms with Crippen LogP contribution in [0.4, 0.5) is 13.2 Å². The quantitative estimate of drug-likeness (QED) is 0.146. The second-order valence-corrected chi connectivity index (χ2v) is 5.94. The number of hydrogen-bond donors (Lipinski definition) is 0. The summed E-state index contributed by atoms with van der Waals surface area (Å²) in [5.74, 6) is 1.53. The van der Waals surface area contributed by atoms with Crippen LogP contribution in [0.2, 0.25) is 0 Å². The lowest BCUT2D eigenvalue weighted by atomic mass is 10.1. The molecule has 0 bridgehead atoms. The summed E-state index contributed by atoms with van der Waals surface area (Å²) in [7, 11) is 1.44. The average Bonchev–Trinajstić information content (AvgIpc) is 2.75. The highest BCUT2D eigenvalue weighted by Crippen LogP contribution is 2.27. The first-order chi connectivity index (χ1) is 14.9. The molecule has 0 radical (unpaired) electrons. The Labute approximate surface area is 178 Å². The molecular formula is C22H21F3N2O4. The third-order valence-corrected chi connectivity index (χ3v) is 3.70. The van der Waals surface area contributed by atoms with Gasteiger partial charge < -0.3 is 19.0 Å².